The van der Waals surface area contributed by atoms with Crippen molar-refractivity contribution in [2.24, 2.45) is 0 Å². The van der Waals surface area contributed by atoms with Crippen LogP contribution in [0.2, 0.25) is 0 Å². The first kappa shape index (κ1) is 19.5. The molecule has 0 unspecified atom stereocenters. The zero-order valence-electron chi connectivity index (χ0n) is 16.1. The molecule has 1 atom stereocenters. The predicted molar refractivity (Wildman–Crippen MR) is 107 cm³/mol. The Kier molecular flexibility index (Phi) is 5.68. The lowest BCUT2D eigenvalue weighted by Gasteiger charge is -2.14. The third-order valence-corrected chi connectivity index (χ3v) is 4.66. The lowest BCUT2D eigenvalue weighted by molar-refractivity contribution is 0.0313. The molecule has 28 heavy (non-hydrogen) atoms. The molecule has 0 saturated carbocycles. The summed E-state index contributed by atoms with van der Waals surface area (Å²) in [5.41, 5.74) is 1.36. The highest BCUT2D eigenvalue weighted by Gasteiger charge is 2.24. The Morgan fingerprint density at radius 1 is 1.04 bits per heavy atom. The van der Waals surface area contributed by atoms with Crippen LogP contribution < -0.4 is 5.56 Å². The molecule has 0 spiro atoms. The van der Waals surface area contributed by atoms with Gasteiger partial charge in [-0.2, -0.15) is 5.10 Å². The number of hydrogen-bond donors (Lipinski definition) is 0. The minimum absolute atomic E-state index is 0.0260. The van der Waals surface area contributed by atoms with Gasteiger partial charge in [0, 0.05) is 17.5 Å². The van der Waals surface area contributed by atoms with Crippen LogP contribution >= 0.6 is 0 Å². The molecule has 0 saturated heterocycles. The van der Waals surface area contributed by atoms with Crippen molar-refractivity contribution >= 4 is 22.5 Å². The molecule has 3 rings (SSSR count). The number of aromatic nitrogens is 2. The molecule has 0 amide bonds. The van der Waals surface area contributed by atoms with E-state index in [4.69, 9.17) is 4.74 Å². The van der Waals surface area contributed by atoms with Gasteiger partial charge < -0.3 is 4.74 Å². The summed E-state index contributed by atoms with van der Waals surface area (Å²) in [6.07, 6.45) is -0.0900. The van der Waals surface area contributed by atoms with E-state index in [-0.39, 0.29) is 17.0 Å². The van der Waals surface area contributed by atoms with Crippen LogP contribution in [0.3, 0.4) is 0 Å². The van der Waals surface area contributed by atoms with Crippen molar-refractivity contribution < 1.29 is 14.3 Å². The number of rotatable bonds is 6. The summed E-state index contributed by atoms with van der Waals surface area (Å²) in [6, 6.07) is 14.0. The van der Waals surface area contributed by atoms with Crippen molar-refractivity contribution in [2.45, 2.75) is 39.8 Å². The van der Waals surface area contributed by atoms with Crippen LogP contribution in [0.5, 0.6) is 0 Å². The summed E-state index contributed by atoms with van der Waals surface area (Å²) in [6.45, 7) is 5.66. The van der Waals surface area contributed by atoms with E-state index in [1.54, 1.807) is 43.3 Å². The molecule has 0 bridgehead atoms. The van der Waals surface area contributed by atoms with Crippen LogP contribution in [0, 0.1) is 0 Å². The molecule has 0 aliphatic carbocycles. The average Bonchev–Trinajstić information content (AvgIpc) is 2.73. The minimum Gasteiger partial charge on any atom is -0.449 e. The molecular formula is C22H22N2O4. The molecule has 0 N–H and O–H groups in total. The summed E-state index contributed by atoms with van der Waals surface area (Å²) < 4.78 is 6.61. The van der Waals surface area contributed by atoms with E-state index < -0.39 is 12.1 Å². The average molecular weight is 378 g/mol. The highest BCUT2D eigenvalue weighted by atomic mass is 16.5. The first-order valence-corrected chi connectivity index (χ1v) is 9.30. The number of esters is 1. The van der Waals surface area contributed by atoms with Crippen LogP contribution in [0.4, 0.5) is 0 Å². The zero-order chi connectivity index (χ0) is 20.3. The maximum absolute atomic E-state index is 12.7. The molecule has 0 aliphatic rings. The van der Waals surface area contributed by atoms with Gasteiger partial charge in [-0.3, -0.25) is 9.59 Å². The fraction of sp³-hybridized carbons (Fsp3) is 0.273. The monoisotopic (exact) mass is 378 g/mol. The first-order chi connectivity index (χ1) is 13.5. The summed E-state index contributed by atoms with van der Waals surface area (Å²) >= 11 is 0. The van der Waals surface area contributed by atoms with E-state index in [2.05, 4.69) is 5.10 Å². The van der Waals surface area contributed by atoms with Crippen LogP contribution in [0.1, 0.15) is 47.2 Å². The molecule has 1 heterocycles. The summed E-state index contributed by atoms with van der Waals surface area (Å²) in [5.74, 6) is -1.02. The molecular weight excluding hydrogens is 356 g/mol. The van der Waals surface area contributed by atoms with Gasteiger partial charge in [0.25, 0.3) is 5.56 Å². The van der Waals surface area contributed by atoms with Crippen LogP contribution in [-0.4, -0.2) is 27.6 Å². The predicted octanol–water partition coefficient (Wildman–Crippen LogP) is 3.41. The van der Waals surface area contributed by atoms with Crippen molar-refractivity contribution in [3.8, 4) is 0 Å². The van der Waals surface area contributed by atoms with Gasteiger partial charge >= 0.3 is 5.97 Å². The quantitative estimate of drug-likeness (QED) is 0.485. The highest BCUT2D eigenvalue weighted by molar-refractivity contribution is 6.05. The maximum Gasteiger partial charge on any atom is 0.360 e. The lowest BCUT2D eigenvalue weighted by atomic mass is 10.0. The first-order valence-electron chi connectivity index (χ1n) is 9.30. The fourth-order valence-corrected chi connectivity index (χ4v) is 3.01. The third-order valence-electron chi connectivity index (χ3n) is 4.66. The smallest absolute Gasteiger partial charge is 0.360 e. The number of ketones is 1. The molecule has 2 aromatic carbocycles. The third kappa shape index (κ3) is 3.71. The van der Waals surface area contributed by atoms with Crippen LogP contribution in [-0.2, 0) is 17.7 Å². The van der Waals surface area contributed by atoms with Gasteiger partial charge in [0.15, 0.2) is 11.8 Å². The summed E-state index contributed by atoms with van der Waals surface area (Å²) in [5, 5.41) is 4.95. The lowest BCUT2D eigenvalue weighted by Crippen LogP contribution is -2.29. The number of hydrogen-bond acceptors (Lipinski definition) is 5. The molecule has 6 nitrogen and oxygen atoms in total. The summed E-state index contributed by atoms with van der Waals surface area (Å²) in [7, 11) is 0. The van der Waals surface area contributed by atoms with Gasteiger partial charge in [-0.1, -0.05) is 49.4 Å². The fourth-order valence-electron chi connectivity index (χ4n) is 3.01. The highest BCUT2D eigenvalue weighted by Crippen LogP contribution is 2.16. The molecule has 0 radical (unpaired) electrons. The SMILES string of the molecule is CCc1ccc(C(=O)[C@@H](C)OC(=O)c2nn(CC)c(=O)c3ccccc23)cc1. The largest absolute Gasteiger partial charge is 0.449 e. The molecule has 1 aromatic heterocycles. The Morgan fingerprint density at radius 3 is 2.29 bits per heavy atom. The van der Waals surface area contributed by atoms with Gasteiger partial charge in [-0.05, 0) is 31.9 Å². The van der Waals surface area contributed by atoms with Gasteiger partial charge in [0.2, 0.25) is 5.78 Å². The second kappa shape index (κ2) is 8.17. The number of ether oxygens (including phenoxy) is 1. The van der Waals surface area contributed by atoms with Crippen molar-refractivity contribution in [2.75, 3.05) is 0 Å². The number of benzene rings is 2. The second-order valence-corrected chi connectivity index (χ2v) is 6.48. The van der Waals surface area contributed by atoms with Crippen molar-refractivity contribution in [1.82, 2.24) is 9.78 Å². The van der Waals surface area contributed by atoms with Gasteiger partial charge in [-0.25, -0.2) is 9.48 Å². The number of Topliss-reactive ketones (excluding diaryl/α,β-unsaturated/α-hetero) is 1. The Hall–Kier alpha value is -3.28. The second-order valence-electron chi connectivity index (χ2n) is 6.48. The molecule has 0 aliphatic heterocycles. The maximum atomic E-state index is 12.7. The van der Waals surface area contributed by atoms with Crippen molar-refractivity contribution in [3.63, 3.8) is 0 Å². The van der Waals surface area contributed by atoms with Crippen LogP contribution in [0.25, 0.3) is 10.8 Å². The Bertz CT molecular complexity index is 1080. The molecule has 0 fully saturated rings. The number of nitrogens with zero attached hydrogens (tertiary/aromatic N) is 2. The number of fused-ring (bicyclic) bond motifs is 1. The van der Waals surface area contributed by atoms with Gasteiger partial charge in [0.1, 0.15) is 0 Å². The molecule has 3 aromatic rings. The Morgan fingerprint density at radius 2 is 1.68 bits per heavy atom. The van der Waals surface area contributed by atoms with Crippen LogP contribution in [0.15, 0.2) is 53.3 Å². The van der Waals surface area contributed by atoms with E-state index in [0.29, 0.717) is 22.9 Å². The topological polar surface area (TPSA) is 78.3 Å². The van der Waals surface area contributed by atoms with E-state index in [1.807, 2.05) is 19.1 Å². The van der Waals surface area contributed by atoms with Gasteiger partial charge in [-0.15, -0.1) is 0 Å². The van der Waals surface area contributed by atoms with Crippen molar-refractivity contribution in [3.05, 3.63) is 75.7 Å². The normalized spacial score (nSPS) is 12.0. The number of carbonyl (C=O) groups excluding carboxylic acids is 2. The van der Waals surface area contributed by atoms with E-state index in [9.17, 15) is 14.4 Å². The molecule has 144 valence electrons. The van der Waals surface area contributed by atoms with E-state index in [0.717, 1.165) is 12.0 Å². The van der Waals surface area contributed by atoms with E-state index >= 15 is 0 Å². The van der Waals surface area contributed by atoms with E-state index in [1.165, 1.54) is 11.6 Å². The standard InChI is InChI=1S/C22H22N2O4/c1-4-15-10-12-16(13-11-15)20(25)14(3)28-22(27)19-17-8-6-7-9-18(17)21(26)24(5-2)23-19/h6-14H,4-5H2,1-3H3/t14-/m1/s1. The minimum atomic E-state index is -0.970. The van der Waals surface area contributed by atoms with Gasteiger partial charge in [0.05, 0.1) is 5.39 Å². The molecule has 6 heteroatoms. The number of aryl methyl sites for hydroxylation is 2. The zero-order valence-corrected chi connectivity index (χ0v) is 16.1. The van der Waals surface area contributed by atoms with Crippen molar-refractivity contribution in [1.29, 1.82) is 0 Å². The summed E-state index contributed by atoms with van der Waals surface area (Å²) in [4.78, 5) is 37.7. The number of carbonyl (C=O) groups is 2. The Labute approximate surface area is 162 Å². The Balaban J connectivity index is 1.89.